The SMILES string of the molecule is CCOc1ccccc1-c1ccc(C(=O)O)c(COc2ccc(C(C)(C)CC)cc2)n1. The normalized spacial score (nSPS) is 11.2. The summed E-state index contributed by atoms with van der Waals surface area (Å²) in [6.07, 6.45) is 1.04. The second-order valence-electron chi connectivity index (χ2n) is 7.98. The topological polar surface area (TPSA) is 68.7 Å². The van der Waals surface area contributed by atoms with E-state index >= 15 is 0 Å². The summed E-state index contributed by atoms with van der Waals surface area (Å²) < 4.78 is 11.6. The number of carbonyl (C=O) groups is 1. The van der Waals surface area contributed by atoms with Crippen LogP contribution in [0.5, 0.6) is 11.5 Å². The molecule has 3 rings (SSSR count). The van der Waals surface area contributed by atoms with Crippen molar-refractivity contribution in [1.29, 1.82) is 0 Å². The van der Waals surface area contributed by atoms with Crippen molar-refractivity contribution in [2.45, 2.75) is 46.1 Å². The molecule has 0 saturated heterocycles. The summed E-state index contributed by atoms with van der Waals surface area (Å²) in [7, 11) is 0. The molecule has 0 radical (unpaired) electrons. The smallest absolute Gasteiger partial charge is 0.337 e. The maximum Gasteiger partial charge on any atom is 0.337 e. The molecular formula is C26H29NO4. The van der Waals surface area contributed by atoms with Gasteiger partial charge in [-0.3, -0.25) is 0 Å². The van der Waals surface area contributed by atoms with Gasteiger partial charge in [0, 0.05) is 5.56 Å². The highest BCUT2D eigenvalue weighted by Crippen LogP contribution is 2.30. The van der Waals surface area contributed by atoms with Crippen LogP contribution in [0.1, 0.15) is 55.7 Å². The number of aromatic carboxylic acids is 1. The Morgan fingerprint density at radius 2 is 1.68 bits per heavy atom. The summed E-state index contributed by atoms with van der Waals surface area (Å²) in [6.45, 7) is 9.09. The number of hydrogen-bond acceptors (Lipinski definition) is 4. The van der Waals surface area contributed by atoms with Gasteiger partial charge in [0.2, 0.25) is 0 Å². The molecule has 0 unspecified atom stereocenters. The zero-order valence-electron chi connectivity index (χ0n) is 18.5. The summed E-state index contributed by atoms with van der Waals surface area (Å²) in [5.41, 5.74) is 3.29. The molecule has 0 amide bonds. The van der Waals surface area contributed by atoms with Crippen molar-refractivity contribution in [1.82, 2.24) is 4.98 Å². The van der Waals surface area contributed by atoms with Crippen LogP contribution in [0.2, 0.25) is 0 Å². The van der Waals surface area contributed by atoms with Crippen LogP contribution in [-0.4, -0.2) is 22.7 Å². The van der Waals surface area contributed by atoms with E-state index in [4.69, 9.17) is 9.47 Å². The van der Waals surface area contributed by atoms with Crippen LogP contribution < -0.4 is 9.47 Å². The average Bonchev–Trinajstić information content (AvgIpc) is 2.78. The third-order valence-electron chi connectivity index (χ3n) is 5.56. The van der Waals surface area contributed by atoms with E-state index in [1.807, 2.05) is 43.3 Å². The van der Waals surface area contributed by atoms with E-state index in [1.165, 1.54) is 5.56 Å². The van der Waals surface area contributed by atoms with Crippen LogP contribution in [0.15, 0.2) is 60.7 Å². The second-order valence-corrected chi connectivity index (χ2v) is 7.98. The van der Waals surface area contributed by atoms with Crippen LogP contribution in [0.4, 0.5) is 0 Å². The van der Waals surface area contributed by atoms with Crippen molar-refractivity contribution in [3.05, 3.63) is 77.5 Å². The highest BCUT2D eigenvalue weighted by Gasteiger charge is 2.18. The van der Waals surface area contributed by atoms with Gasteiger partial charge in [0.05, 0.1) is 23.6 Å². The molecule has 0 bridgehead atoms. The second kappa shape index (κ2) is 9.65. The molecule has 1 aromatic heterocycles. The number of aromatic nitrogens is 1. The lowest BCUT2D eigenvalue weighted by molar-refractivity contribution is 0.0693. The van der Waals surface area contributed by atoms with E-state index in [0.29, 0.717) is 29.5 Å². The minimum absolute atomic E-state index is 0.0583. The lowest BCUT2D eigenvalue weighted by Crippen LogP contribution is -2.15. The number of carboxylic acid groups (broad SMARTS) is 1. The fourth-order valence-electron chi connectivity index (χ4n) is 3.27. The molecule has 0 aliphatic rings. The van der Waals surface area contributed by atoms with Gasteiger partial charge in [0.1, 0.15) is 18.1 Å². The van der Waals surface area contributed by atoms with Crippen LogP contribution in [-0.2, 0) is 12.0 Å². The Bertz CT molecular complexity index is 1040. The number of benzene rings is 2. The van der Waals surface area contributed by atoms with Crippen molar-refractivity contribution in [3.63, 3.8) is 0 Å². The molecule has 2 aromatic carbocycles. The van der Waals surface area contributed by atoms with Crippen molar-refractivity contribution >= 4 is 5.97 Å². The summed E-state index contributed by atoms with van der Waals surface area (Å²) in [6, 6.07) is 18.8. The Morgan fingerprint density at radius 3 is 2.32 bits per heavy atom. The highest BCUT2D eigenvalue weighted by molar-refractivity contribution is 5.89. The number of carboxylic acids is 1. The number of ether oxygens (including phenoxy) is 2. The van der Waals surface area contributed by atoms with Crippen LogP contribution >= 0.6 is 0 Å². The predicted octanol–water partition coefficient (Wildman–Crippen LogP) is 6.11. The molecule has 0 aliphatic carbocycles. The van der Waals surface area contributed by atoms with E-state index < -0.39 is 5.97 Å². The highest BCUT2D eigenvalue weighted by atomic mass is 16.5. The van der Waals surface area contributed by atoms with Crippen LogP contribution in [0.3, 0.4) is 0 Å². The molecule has 1 heterocycles. The van der Waals surface area contributed by atoms with E-state index in [9.17, 15) is 9.90 Å². The first kappa shape index (κ1) is 22.3. The Hall–Kier alpha value is -3.34. The molecule has 3 aromatic rings. The van der Waals surface area contributed by atoms with Crippen molar-refractivity contribution in [2.24, 2.45) is 0 Å². The summed E-state index contributed by atoms with van der Waals surface area (Å²) in [5, 5.41) is 9.60. The van der Waals surface area contributed by atoms with E-state index in [-0.39, 0.29) is 17.6 Å². The van der Waals surface area contributed by atoms with Gasteiger partial charge in [-0.2, -0.15) is 0 Å². The number of hydrogen-bond donors (Lipinski definition) is 1. The van der Waals surface area contributed by atoms with Crippen LogP contribution in [0.25, 0.3) is 11.3 Å². The standard InChI is InChI=1S/C26H29NO4/c1-5-26(3,4)18-11-13-19(14-12-18)31-17-23-21(25(28)29)15-16-22(27-23)20-9-7-8-10-24(20)30-6-2/h7-16H,5-6,17H2,1-4H3,(H,28,29). The van der Waals surface area contributed by atoms with Gasteiger partial charge in [-0.05, 0) is 60.7 Å². The molecule has 5 nitrogen and oxygen atoms in total. The first-order valence-electron chi connectivity index (χ1n) is 10.5. The van der Waals surface area contributed by atoms with Gasteiger partial charge in [-0.1, -0.05) is 45.0 Å². The van der Waals surface area contributed by atoms with Gasteiger partial charge >= 0.3 is 5.97 Å². The average molecular weight is 420 g/mol. The third kappa shape index (κ3) is 5.23. The number of rotatable bonds is 9. The molecule has 0 saturated carbocycles. The predicted molar refractivity (Wildman–Crippen MR) is 122 cm³/mol. The molecule has 162 valence electrons. The Balaban J connectivity index is 1.87. The van der Waals surface area contributed by atoms with Gasteiger partial charge in [-0.15, -0.1) is 0 Å². The molecule has 0 atom stereocenters. The van der Waals surface area contributed by atoms with E-state index in [1.54, 1.807) is 12.1 Å². The largest absolute Gasteiger partial charge is 0.493 e. The number of nitrogens with zero attached hydrogens (tertiary/aromatic N) is 1. The maximum absolute atomic E-state index is 11.7. The molecule has 5 heteroatoms. The molecule has 1 N–H and O–H groups in total. The molecule has 0 spiro atoms. The van der Waals surface area contributed by atoms with Crippen molar-refractivity contribution in [3.8, 4) is 22.8 Å². The summed E-state index contributed by atoms with van der Waals surface area (Å²) >= 11 is 0. The van der Waals surface area contributed by atoms with Gasteiger partial charge in [-0.25, -0.2) is 9.78 Å². The van der Waals surface area contributed by atoms with E-state index in [2.05, 4.69) is 37.9 Å². The van der Waals surface area contributed by atoms with E-state index in [0.717, 1.165) is 12.0 Å². The number of pyridine rings is 1. The van der Waals surface area contributed by atoms with Gasteiger partial charge in [0.25, 0.3) is 0 Å². The summed E-state index contributed by atoms with van der Waals surface area (Å²) in [4.78, 5) is 16.3. The Morgan fingerprint density at radius 1 is 0.968 bits per heavy atom. The van der Waals surface area contributed by atoms with Gasteiger partial charge < -0.3 is 14.6 Å². The quantitative estimate of drug-likeness (QED) is 0.453. The fraction of sp³-hybridized carbons (Fsp3) is 0.308. The third-order valence-corrected chi connectivity index (χ3v) is 5.56. The fourth-order valence-corrected chi connectivity index (χ4v) is 3.27. The lowest BCUT2D eigenvalue weighted by Gasteiger charge is -2.23. The first-order chi connectivity index (χ1) is 14.9. The summed E-state index contributed by atoms with van der Waals surface area (Å²) in [5.74, 6) is 0.353. The molecule has 0 fully saturated rings. The molecule has 0 aliphatic heterocycles. The van der Waals surface area contributed by atoms with Crippen LogP contribution in [0, 0.1) is 0 Å². The van der Waals surface area contributed by atoms with Crippen molar-refractivity contribution in [2.75, 3.05) is 6.61 Å². The minimum atomic E-state index is -1.03. The first-order valence-corrected chi connectivity index (χ1v) is 10.5. The molecular weight excluding hydrogens is 390 g/mol. The minimum Gasteiger partial charge on any atom is -0.493 e. The molecule has 31 heavy (non-hydrogen) atoms. The van der Waals surface area contributed by atoms with Gasteiger partial charge in [0.15, 0.2) is 0 Å². The van der Waals surface area contributed by atoms with Crippen molar-refractivity contribution < 1.29 is 19.4 Å². The zero-order valence-corrected chi connectivity index (χ0v) is 18.5. The maximum atomic E-state index is 11.7. The monoisotopic (exact) mass is 419 g/mol. The number of para-hydroxylation sites is 1. The lowest BCUT2D eigenvalue weighted by atomic mass is 9.82. The zero-order chi connectivity index (χ0) is 22.4. The Kier molecular flexibility index (Phi) is 6.95. The Labute approximate surface area is 183 Å².